The van der Waals surface area contributed by atoms with Crippen LogP contribution in [0.2, 0.25) is 0 Å². The van der Waals surface area contributed by atoms with Crippen molar-refractivity contribution >= 4 is 24.2 Å². The standard InChI is InChI=1S/C33H39N3O4.ClH/c1-39-27-14-12-25(13-15-27)24-36-23-19-33(32(36)38)17-21-35(22-18-33)20-16-29(26-8-4-3-5-9-26)34-31(37)28-10-6-7-11-30(28)40-2;/h3-15,29H,16-24H2,1-2H3,(H,34,37);1H. The van der Waals surface area contributed by atoms with Gasteiger partial charge in [0.25, 0.3) is 5.91 Å². The number of carbonyl (C=O) groups is 2. The predicted octanol–water partition coefficient (Wildman–Crippen LogP) is 5.50. The van der Waals surface area contributed by atoms with Gasteiger partial charge < -0.3 is 24.6 Å². The van der Waals surface area contributed by atoms with Crippen molar-refractivity contribution in [3.05, 3.63) is 95.6 Å². The highest BCUT2D eigenvalue weighted by Crippen LogP contribution is 2.42. The Morgan fingerprint density at radius 1 is 0.878 bits per heavy atom. The molecule has 7 nitrogen and oxygen atoms in total. The number of rotatable bonds is 10. The van der Waals surface area contributed by atoms with Crippen molar-refractivity contribution in [2.75, 3.05) is 40.4 Å². The molecule has 1 atom stereocenters. The molecule has 41 heavy (non-hydrogen) atoms. The molecule has 0 bridgehead atoms. The molecule has 2 heterocycles. The van der Waals surface area contributed by atoms with E-state index in [1.165, 1.54) is 0 Å². The van der Waals surface area contributed by atoms with Gasteiger partial charge in [0, 0.05) is 19.6 Å². The third-order valence-corrected chi connectivity index (χ3v) is 8.54. The van der Waals surface area contributed by atoms with E-state index in [9.17, 15) is 9.59 Å². The number of carbonyl (C=O) groups excluding carboxylic acids is 2. The van der Waals surface area contributed by atoms with Crippen LogP contribution in [-0.2, 0) is 11.3 Å². The molecular formula is C33H40ClN3O4. The Morgan fingerprint density at radius 3 is 2.22 bits per heavy atom. The lowest BCUT2D eigenvalue weighted by molar-refractivity contribution is -0.138. The zero-order chi connectivity index (χ0) is 28.0. The van der Waals surface area contributed by atoms with Gasteiger partial charge in [-0.1, -0.05) is 54.6 Å². The van der Waals surface area contributed by atoms with E-state index >= 15 is 0 Å². The molecular weight excluding hydrogens is 538 g/mol. The fraction of sp³-hybridized carbons (Fsp3) is 0.394. The maximum atomic E-state index is 13.5. The molecule has 1 spiro atoms. The van der Waals surface area contributed by atoms with Crippen LogP contribution in [0, 0.1) is 5.41 Å². The first-order valence-electron chi connectivity index (χ1n) is 14.1. The molecule has 2 amide bonds. The first kappa shape index (κ1) is 30.4. The van der Waals surface area contributed by atoms with Gasteiger partial charge in [0.2, 0.25) is 5.91 Å². The van der Waals surface area contributed by atoms with Gasteiger partial charge in [0.1, 0.15) is 11.5 Å². The van der Waals surface area contributed by atoms with Gasteiger partial charge in [-0.15, -0.1) is 12.4 Å². The molecule has 218 valence electrons. The molecule has 1 N–H and O–H groups in total. The number of halogens is 1. The number of piperidine rings is 1. The molecule has 3 aromatic carbocycles. The summed E-state index contributed by atoms with van der Waals surface area (Å²) in [5.41, 5.74) is 2.51. The minimum Gasteiger partial charge on any atom is -0.497 e. The first-order valence-corrected chi connectivity index (χ1v) is 14.1. The number of amides is 2. The zero-order valence-electron chi connectivity index (χ0n) is 23.9. The Hall–Kier alpha value is -3.55. The minimum absolute atomic E-state index is 0. The van der Waals surface area contributed by atoms with E-state index in [-0.39, 0.29) is 29.8 Å². The minimum atomic E-state index is -0.236. The smallest absolute Gasteiger partial charge is 0.255 e. The van der Waals surface area contributed by atoms with Gasteiger partial charge in [-0.25, -0.2) is 0 Å². The molecule has 1 unspecified atom stereocenters. The highest BCUT2D eigenvalue weighted by atomic mass is 35.5. The average Bonchev–Trinajstić information content (AvgIpc) is 3.30. The number of hydrogen-bond acceptors (Lipinski definition) is 5. The Balaban J connectivity index is 0.00000387. The topological polar surface area (TPSA) is 71.1 Å². The molecule has 2 aliphatic heterocycles. The van der Waals surface area contributed by atoms with Crippen molar-refractivity contribution in [2.24, 2.45) is 5.41 Å². The highest BCUT2D eigenvalue weighted by Gasteiger charge is 2.47. The second-order valence-electron chi connectivity index (χ2n) is 10.9. The van der Waals surface area contributed by atoms with Crippen LogP contribution in [0.1, 0.15) is 53.2 Å². The van der Waals surface area contributed by atoms with E-state index in [0.717, 1.165) is 68.7 Å². The van der Waals surface area contributed by atoms with Gasteiger partial charge >= 0.3 is 0 Å². The lowest BCUT2D eigenvalue weighted by Crippen LogP contribution is -2.45. The van der Waals surface area contributed by atoms with Crippen LogP contribution >= 0.6 is 12.4 Å². The predicted molar refractivity (Wildman–Crippen MR) is 163 cm³/mol. The molecule has 5 rings (SSSR count). The molecule has 3 aromatic rings. The summed E-state index contributed by atoms with van der Waals surface area (Å²) in [5.74, 6) is 1.55. The largest absolute Gasteiger partial charge is 0.497 e. The van der Waals surface area contributed by atoms with Crippen molar-refractivity contribution in [1.29, 1.82) is 0 Å². The van der Waals surface area contributed by atoms with Crippen LogP contribution in [-0.4, -0.2) is 62.0 Å². The summed E-state index contributed by atoms with van der Waals surface area (Å²) in [6.45, 7) is 4.11. The van der Waals surface area contributed by atoms with E-state index in [1.54, 1.807) is 26.4 Å². The quantitative estimate of drug-likeness (QED) is 0.344. The van der Waals surface area contributed by atoms with Gasteiger partial charge in [0.05, 0.1) is 31.2 Å². The van der Waals surface area contributed by atoms with Gasteiger partial charge in [-0.2, -0.15) is 0 Å². The average molecular weight is 578 g/mol. The molecule has 0 saturated carbocycles. The van der Waals surface area contributed by atoms with Crippen molar-refractivity contribution in [2.45, 2.75) is 38.3 Å². The summed E-state index contributed by atoms with van der Waals surface area (Å²) in [6, 6.07) is 25.3. The molecule has 2 aliphatic rings. The molecule has 0 aliphatic carbocycles. The van der Waals surface area contributed by atoms with E-state index in [0.29, 0.717) is 23.8 Å². The van der Waals surface area contributed by atoms with Crippen LogP contribution in [0.15, 0.2) is 78.9 Å². The second-order valence-corrected chi connectivity index (χ2v) is 10.9. The Morgan fingerprint density at radius 2 is 1.54 bits per heavy atom. The lowest BCUT2D eigenvalue weighted by atomic mass is 9.77. The number of nitrogens with zero attached hydrogens (tertiary/aromatic N) is 2. The van der Waals surface area contributed by atoms with Crippen molar-refractivity contribution in [1.82, 2.24) is 15.1 Å². The van der Waals surface area contributed by atoms with Gasteiger partial charge in [-0.05, 0) is 74.2 Å². The monoisotopic (exact) mass is 577 g/mol. The number of benzene rings is 3. The zero-order valence-corrected chi connectivity index (χ0v) is 24.7. The van der Waals surface area contributed by atoms with E-state index in [2.05, 4.69) is 22.3 Å². The second kappa shape index (κ2) is 13.9. The summed E-state index contributed by atoms with van der Waals surface area (Å²) in [4.78, 5) is 31.2. The fourth-order valence-electron chi connectivity index (χ4n) is 6.05. The number of likely N-dealkylation sites (tertiary alicyclic amines) is 2. The Labute approximate surface area is 249 Å². The molecule has 2 fully saturated rings. The molecule has 0 radical (unpaired) electrons. The third kappa shape index (κ3) is 7.03. The van der Waals surface area contributed by atoms with E-state index in [4.69, 9.17) is 9.47 Å². The highest BCUT2D eigenvalue weighted by molar-refractivity contribution is 5.97. The summed E-state index contributed by atoms with van der Waals surface area (Å²) >= 11 is 0. The Kier molecular flexibility index (Phi) is 10.3. The number of methoxy groups -OCH3 is 2. The van der Waals surface area contributed by atoms with Crippen LogP contribution in [0.25, 0.3) is 0 Å². The fourth-order valence-corrected chi connectivity index (χ4v) is 6.05. The summed E-state index contributed by atoms with van der Waals surface area (Å²) in [5, 5.41) is 3.24. The summed E-state index contributed by atoms with van der Waals surface area (Å²) < 4.78 is 10.7. The lowest BCUT2D eigenvalue weighted by Gasteiger charge is -2.38. The van der Waals surface area contributed by atoms with Gasteiger partial charge in [0.15, 0.2) is 0 Å². The normalized spacial score (nSPS) is 17.1. The number of hydrogen-bond donors (Lipinski definition) is 1. The van der Waals surface area contributed by atoms with Crippen LogP contribution < -0.4 is 14.8 Å². The van der Waals surface area contributed by atoms with Crippen LogP contribution in [0.5, 0.6) is 11.5 Å². The Bertz CT molecular complexity index is 1290. The van der Waals surface area contributed by atoms with E-state index < -0.39 is 0 Å². The molecule has 0 aromatic heterocycles. The number of nitrogens with one attached hydrogen (secondary N) is 1. The van der Waals surface area contributed by atoms with Crippen LogP contribution in [0.4, 0.5) is 0 Å². The third-order valence-electron chi connectivity index (χ3n) is 8.54. The summed E-state index contributed by atoms with van der Waals surface area (Å²) in [6.07, 6.45) is 3.48. The van der Waals surface area contributed by atoms with Crippen LogP contribution in [0.3, 0.4) is 0 Å². The summed E-state index contributed by atoms with van der Waals surface area (Å²) in [7, 11) is 3.24. The van der Waals surface area contributed by atoms with Crippen molar-refractivity contribution in [3.63, 3.8) is 0 Å². The van der Waals surface area contributed by atoms with E-state index in [1.807, 2.05) is 59.5 Å². The number of para-hydroxylation sites is 1. The van der Waals surface area contributed by atoms with Crippen molar-refractivity contribution in [3.8, 4) is 11.5 Å². The number of ether oxygens (including phenoxy) is 2. The molecule has 2 saturated heterocycles. The first-order chi connectivity index (χ1) is 19.5. The maximum absolute atomic E-state index is 13.5. The molecule has 8 heteroatoms. The SMILES string of the molecule is COc1ccc(CN2CCC3(CCN(CCC(NC(=O)c4ccccc4OC)c4ccccc4)CC3)C2=O)cc1.Cl. The maximum Gasteiger partial charge on any atom is 0.255 e. The van der Waals surface area contributed by atoms with Crippen molar-refractivity contribution < 1.29 is 19.1 Å². The van der Waals surface area contributed by atoms with Gasteiger partial charge in [-0.3, -0.25) is 9.59 Å².